The number of nitrogens with zero attached hydrogens (tertiary/aromatic N) is 4. The van der Waals surface area contributed by atoms with Crippen molar-refractivity contribution >= 4 is 22.6 Å². The average Bonchev–Trinajstić information content (AvgIpc) is 3.08. The number of aromatic nitrogens is 4. The SMILES string of the molecule is CCC1(n2nc(-c3cn(C)c4cnc(NC(C)=O)cc34)cc(OC[C@@H](C)OC)c2=O)CCC1. The van der Waals surface area contributed by atoms with E-state index in [1.807, 2.05) is 30.8 Å². The Hall–Kier alpha value is -3.20. The maximum absolute atomic E-state index is 13.4. The van der Waals surface area contributed by atoms with Crippen molar-refractivity contribution in [1.29, 1.82) is 0 Å². The summed E-state index contributed by atoms with van der Waals surface area (Å²) < 4.78 is 14.8. The lowest BCUT2D eigenvalue weighted by molar-refractivity contribution is -0.114. The molecule has 4 rings (SSSR count). The smallest absolute Gasteiger partial charge is 0.309 e. The molecule has 0 aromatic carbocycles. The van der Waals surface area contributed by atoms with Gasteiger partial charge in [0, 0.05) is 44.3 Å². The van der Waals surface area contributed by atoms with Gasteiger partial charge in [-0.15, -0.1) is 0 Å². The van der Waals surface area contributed by atoms with E-state index in [9.17, 15) is 9.59 Å². The van der Waals surface area contributed by atoms with E-state index in [2.05, 4.69) is 17.2 Å². The highest BCUT2D eigenvalue weighted by Gasteiger charge is 2.40. The largest absolute Gasteiger partial charge is 0.485 e. The van der Waals surface area contributed by atoms with Crippen LogP contribution in [0, 0.1) is 0 Å². The van der Waals surface area contributed by atoms with Gasteiger partial charge in [0.2, 0.25) is 5.91 Å². The molecule has 0 radical (unpaired) electrons. The maximum atomic E-state index is 13.4. The Labute approximate surface area is 192 Å². The summed E-state index contributed by atoms with van der Waals surface area (Å²) in [4.78, 5) is 29.2. The Morgan fingerprint density at radius 2 is 2.09 bits per heavy atom. The molecule has 1 amide bonds. The zero-order valence-electron chi connectivity index (χ0n) is 19.8. The molecule has 0 unspecified atom stereocenters. The van der Waals surface area contributed by atoms with E-state index < -0.39 is 0 Å². The van der Waals surface area contributed by atoms with E-state index in [-0.39, 0.29) is 35.5 Å². The molecule has 3 heterocycles. The van der Waals surface area contributed by atoms with Crippen molar-refractivity contribution in [3.05, 3.63) is 34.9 Å². The summed E-state index contributed by atoms with van der Waals surface area (Å²) in [5.74, 6) is 0.533. The number of aryl methyl sites for hydroxylation is 1. The van der Waals surface area contributed by atoms with Gasteiger partial charge in [-0.2, -0.15) is 5.10 Å². The number of methoxy groups -OCH3 is 1. The number of hydrogen-bond donors (Lipinski definition) is 1. The fourth-order valence-corrected chi connectivity index (χ4v) is 4.33. The highest BCUT2D eigenvalue weighted by Crippen LogP contribution is 2.41. The molecule has 1 N–H and O–H groups in total. The molecule has 3 aromatic rings. The van der Waals surface area contributed by atoms with E-state index in [1.165, 1.54) is 6.92 Å². The molecule has 1 aliphatic carbocycles. The molecular formula is C24H31N5O4. The molecule has 1 saturated carbocycles. The number of nitrogens with one attached hydrogen (secondary N) is 1. The summed E-state index contributed by atoms with van der Waals surface area (Å²) in [6.07, 6.45) is 7.26. The van der Waals surface area contributed by atoms with E-state index in [0.29, 0.717) is 11.5 Å². The quantitative estimate of drug-likeness (QED) is 0.561. The van der Waals surface area contributed by atoms with Crippen LogP contribution in [0.15, 0.2) is 29.3 Å². The van der Waals surface area contributed by atoms with Crippen LogP contribution in [0.4, 0.5) is 5.82 Å². The molecule has 0 aliphatic heterocycles. The first-order chi connectivity index (χ1) is 15.8. The Balaban J connectivity index is 1.88. The molecule has 33 heavy (non-hydrogen) atoms. The van der Waals surface area contributed by atoms with Crippen molar-refractivity contribution in [1.82, 2.24) is 19.3 Å². The monoisotopic (exact) mass is 453 g/mol. The Kier molecular flexibility index (Phi) is 6.25. The first-order valence-corrected chi connectivity index (χ1v) is 11.3. The van der Waals surface area contributed by atoms with Crippen LogP contribution < -0.4 is 15.6 Å². The number of pyridine rings is 1. The second-order valence-electron chi connectivity index (χ2n) is 8.82. The van der Waals surface area contributed by atoms with Crippen molar-refractivity contribution in [3.8, 4) is 17.0 Å². The minimum absolute atomic E-state index is 0.151. The van der Waals surface area contributed by atoms with Gasteiger partial charge in [0.1, 0.15) is 12.4 Å². The maximum Gasteiger partial charge on any atom is 0.309 e. The van der Waals surface area contributed by atoms with Crippen molar-refractivity contribution < 1.29 is 14.3 Å². The molecule has 0 spiro atoms. The van der Waals surface area contributed by atoms with Crippen molar-refractivity contribution in [3.63, 3.8) is 0 Å². The molecule has 176 valence electrons. The fourth-order valence-electron chi connectivity index (χ4n) is 4.33. The fraction of sp³-hybridized carbons (Fsp3) is 0.500. The average molecular weight is 454 g/mol. The van der Waals surface area contributed by atoms with Gasteiger partial charge in [-0.1, -0.05) is 6.92 Å². The van der Waals surface area contributed by atoms with Gasteiger partial charge in [-0.3, -0.25) is 9.59 Å². The number of carbonyl (C=O) groups is 1. The van der Waals surface area contributed by atoms with E-state index in [4.69, 9.17) is 14.6 Å². The van der Waals surface area contributed by atoms with Gasteiger partial charge < -0.3 is 19.4 Å². The van der Waals surface area contributed by atoms with Gasteiger partial charge in [0.05, 0.1) is 29.1 Å². The minimum Gasteiger partial charge on any atom is -0.485 e. The van der Waals surface area contributed by atoms with Crippen LogP contribution in [0.1, 0.15) is 46.5 Å². The topological polar surface area (TPSA) is 100 Å². The predicted molar refractivity (Wildman–Crippen MR) is 127 cm³/mol. The van der Waals surface area contributed by atoms with Crippen LogP contribution in [0.25, 0.3) is 22.2 Å². The van der Waals surface area contributed by atoms with Crippen LogP contribution >= 0.6 is 0 Å². The lowest BCUT2D eigenvalue weighted by Crippen LogP contribution is -2.47. The molecular weight excluding hydrogens is 422 g/mol. The van der Waals surface area contributed by atoms with Gasteiger partial charge in [-0.25, -0.2) is 9.67 Å². The third-order valence-electron chi connectivity index (χ3n) is 6.60. The summed E-state index contributed by atoms with van der Waals surface area (Å²) in [5, 5.41) is 8.45. The molecule has 1 atom stereocenters. The van der Waals surface area contributed by atoms with Crippen LogP contribution in [0.2, 0.25) is 0 Å². The van der Waals surface area contributed by atoms with E-state index in [1.54, 1.807) is 24.1 Å². The Morgan fingerprint density at radius 1 is 1.33 bits per heavy atom. The van der Waals surface area contributed by atoms with Crippen molar-refractivity contribution in [2.24, 2.45) is 7.05 Å². The van der Waals surface area contributed by atoms with Crippen LogP contribution in [-0.4, -0.2) is 45.1 Å². The number of carbonyl (C=O) groups excluding carboxylic acids is 1. The molecule has 3 aromatic heterocycles. The normalized spacial score (nSPS) is 15.8. The summed E-state index contributed by atoms with van der Waals surface area (Å²) in [7, 11) is 3.54. The lowest BCUT2D eigenvalue weighted by Gasteiger charge is -2.41. The van der Waals surface area contributed by atoms with Crippen LogP contribution in [0.5, 0.6) is 5.75 Å². The highest BCUT2D eigenvalue weighted by atomic mass is 16.5. The summed E-state index contributed by atoms with van der Waals surface area (Å²) in [6.45, 7) is 5.70. The second kappa shape index (κ2) is 8.97. The Bertz CT molecular complexity index is 1240. The zero-order chi connectivity index (χ0) is 23.8. The van der Waals surface area contributed by atoms with Gasteiger partial charge in [0.15, 0.2) is 5.75 Å². The first kappa shape index (κ1) is 23.0. The van der Waals surface area contributed by atoms with Gasteiger partial charge >= 0.3 is 5.56 Å². The predicted octanol–water partition coefficient (Wildman–Crippen LogP) is 3.46. The second-order valence-corrected chi connectivity index (χ2v) is 8.82. The molecule has 9 nitrogen and oxygen atoms in total. The van der Waals surface area contributed by atoms with Gasteiger partial charge in [0.25, 0.3) is 0 Å². The van der Waals surface area contributed by atoms with E-state index >= 15 is 0 Å². The number of amides is 1. The van der Waals surface area contributed by atoms with E-state index in [0.717, 1.165) is 42.1 Å². The van der Waals surface area contributed by atoms with Gasteiger partial charge in [-0.05, 0) is 38.7 Å². The number of fused-ring (bicyclic) bond motifs is 1. The highest BCUT2D eigenvalue weighted by molar-refractivity contribution is 5.98. The summed E-state index contributed by atoms with van der Waals surface area (Å²) >= 11 is 0. The molecule has 1 aliphatic rings. The number of ether oxygens (including phenoxy) is 2. The molecule has 1 fully saturated rings. The molecule has 0 bridgehead atoms. The number of hydrogen-bond acceptors (Lipinski definition) is 6. The third kappa shape index (κ3) is 4.25. The first-order valence-electron chi connectivity index (χ1n) is 11.3. The standard InChI is InChI=1S/C24H31N5O4/c1-6-24(8-7-9-24)29-23(31)21(33-14-15(2)32-5)11-19(27-29)18-13-28(4)20-12-25-22(10-17(18)20)26-16(3)30/h10-13,15H,6-9,14H2,1-5H3,(H,25,26,30)/t15-/m1/s1. The minimum atomic E-state index is -0.286. The summed E-state index contributed by atoms with van der Waals surface area (Å²) in [5.41, 5.74) is 1.86. The third-order valence-corrected chi connectivity index (χ3v) is 6.60. The van der Waals surface area contributed by atoms with Crippen LogP contribution in [0.3, 0.4) is 0 Å². The molecule has 0 saturated heterocycles. The van der Waals surface area contributed by atoms with Crippen molar-refractivity contribution in [2.75, 3.05) is 19.0 Å². The zero-order valence-corrected chi connectivity index (χ0v) is 19.8. The lowest BCUT2D eigenvalue weighted by atomic mass is 9.75. The summed E-state index contributed by atoms with van der Waals surface area (Å²) in [6, 6.07) is 3.53. The number of rotatable bonds is 8. The molecule has 9 heteroatoms. The van der Waals surface area contributed by atoms with Crippen molar-refractivity contribution in [2.45, 2.75) is 58.1 Å². The van der Waals surface area contributed by atoms with Crippen LogP contribution in [-0.2, 0) is 22.1 Å². The number of anilines is 1. The Morgan fingerprint density at radius 3 is 2.70 bits per heavy atom.